The summed E-state index contributed by atoms with van der Waals surface area (Å²) in [4.78, 5) is 18.2. The number of nitrogens with one attached hydrogen (secondary N) is 1. The summed E-state index contributed by atoms with van der Waals surface area (Å²) in [5.41, 5.74) is 6.56. The third-order valence-electron chi connectivity index (χ3n) is 2.50. The van der Waals surface area contributed by atoms with Crippen molar-refractivity contribution >= 4 is 27.9 Å². The van der Waals surface area contributed by atoms with E-state index in [0.29, 0.717) is 26.4 Å². The first-order valence-corrected chi connectivity index (χ1v) is 8.01. The molecule has 0 heterocycles. The van der Waals surface area contributed by atoms with Crippen LogP contribution in [0.2, 0.25) is 0 Å². The average molecular weight is 407 g/mol. The molecule has 0 atom stereocenters. The minimum atomic E-state index is -1.82. The van der Waals surface area contributed by atoms with Crippen molar-refractivity contribution in [3.8, 4) is 5.75 Å². The second-order valence-electron chi connectivity index (χ2n) is 4.54. The van der Waals surface area contributed by atoms with Gasteiger partial charge in [-0.25, -0.2) is 9.59 Å². The molecule has 1 rings (SSSR count). The van der Waals surface area contributed by atoms with Crippen LogP contribution in [0, 0.1) is 6.92 Å². The van der Waals surface area contributed by atoms with E-state index in [1.165, 1.54) is 5.56 Å². The molecule has 9 heteroatoms. The third kappa shape index (κ3) is 11.8. The predicted octanol–water partition coefficient (Wildman–Crippen LogP) is 0.857. The number of benzene rings is 1. The molecule has 0 saturated carbocycles. The highest BCUT2D eigenvalue weighted by Crippen LogP contribution is 2.25. The van der Waals surface area contributed by atoms with Gasteiger partial charge in [-0.1, -0.05) is 6.07 Å². The summed E-state index contributed by atoms with van der Waals surface area (Å²) in [7, 11) is 0. The lowest BCUT2D eigenvalue weighted by atomic mass is 10.2. The molecule has 0 aromatic heterocycles. The Hall–Kier alpha value is -1.68. The van der Waals surface area contributed by atoms with Gasteiger partial charge in [0.15, 0.2) is 0 Å². The highest BCUT2D eigenvalue weighted by molar-refractivity contribution is 9.10. The molecule has 0 fully saturated rings. The second kappa shape index (κ2) is 13.7. The molecule has 8 nitrogen and oxygen atoms in total. The normalized spacial score (nSPS) is 9.79. The first kappa shape index (κ1) is 22.3. The van der Waals surface area contributed by atoms with Crippen molar-refractivity contribution in [3.05, 3.63) is 28.2 Å². The van der Waals surface area contributed by atoms with E-state index in [1.807, 2.05) is 25.1 Å². The number of aryl methyl sites for hydroxylation is 1. The first-order valence-electron chi connectivity index (χ1n) is 7.22. The zero-order valence-corrected chi connectivity index (χ0v) is 15.0. The van der Waals surface area contributed by atoms with Gasteiger partial charge < -0.3 is 30.7 Å². The van der Waals surface area contributed by atoms with E-state index in [4.69, 9.17) is 35.0 Å². The Morgan fingerprint density at radius 1 is 1.17 bits per heavy atom. The van der Waals surface area contributed by atoms with Gasteiger partial charge in [-0.2, -0.15) is 0 Å². The van der Waals surface area contributed by atoms with Gasteiger partial charge in [-0.15, -0.1) is 0 Å². The summed E-state index contributed by atoms with van der Waals surface area (Å²) in [5.74, 6) is -2.80. The lowest BCUT2D eigenvalue weighted by Crippen LogP contribution is -2.26. The largest absolute Gasteiger partial charge is 0.490 e. The topological polar surface area (TPSA) is 131 Å². The molecule has 0 amide bonds. The van der Waals surface area contributed by atoms with Gasteiger partial charge in [0.05, 0.1) is 17.7 Å². The van der Waals surface area contributed by atoms with E-state index in [9.17, 15) is 0 Å². The van der Waals surface area contributed by atoms with Gasteiger partial charge in [0.2, 0.25) is 0 Å². The number of ether oxygens (including phenoxy) is 2. The molecule has 0 radical (unpaired) electrons. The standard InChI is InChI=1S/C13H21BrN2O2.C2H2O4/c1-11-2-3-13(12(14)10-11)18-9-8-17-7-6-16-5-4-15;3-1(4)2(5)6/h2-3,10,16H,4-9,15H2,1H3;(H,3,4)(H,5,6). The Bertz CT molecular complexity index is 501. The maximum atomic E-state index is 9.10. The molecule has 0 aliphatic heterocycles. The number of aliphatic carboxylic acids is 2. The number of rotatable bonds is 9. The summed E-state index contributed by atoms with van der Waals surface area (Å²) in [6.07, 6.45) is 0. The van der Waals surface area contributed by atoms with E-state index in [2.05, 4.69) is 21.2 Å². The molecule has 0 unspecified atom stereocenters. The maximum Gasteiger partial charge on any atom is 0.414 e. The fourth-order valence-corrected chi connectivity index (χ4v) is 2.01. The molecule has 0 spiro atoms. The Labute approximate surface area is 149 Å². The van der Waals surface area contributed by atoms with Crippen molar-refractivity contribution < 1.29 is 29.3 Å². The molecular weight excluding hydrogens is 384 g/mol. The van der Waals surface area contributed by atoms with Crippen LogP contribution in [0.25, 0.3) is 0 Å². The summed E-state index contributed by atoms with van der Waals surface area (Å²) in [6.45, 7) is 6.18. The molecule has 0 aliphatic rings. The van der Waals surface area contributed by atoms with Crippen LogP contribution in [0.15, 0.2) is 22.7 Å². The zero-order valence-electron chi connectivity index (χ0n) is 13.5. The minimum absolute atomic E-state index is 0.554. The summed E-state index contributed by atoms with van der Waals surface area (Å²) >= 11 is 3.47. The van der Waals surface area contributed by atoms with Crippen molar-refractivity contribution in [3.63, 3.8) is 0 Å². The Morgan fingerprint density at radius 3 is 2.38 bits per heavy atom. The highest BCUT2D eigenvalue weighted by Gasteiger charge is 2.04. The molecular formula is C15H23BrN2O6. The van der Waals surface area contributed by atoms with Crippen molar-refractivity contribution in [1.82, 2.24) is 5.32 Å². The number of hydrogen-bond acceptors (Lipinski definition) is 6. The van der Waals surface area contributed by atoms with E-state index in [-0.39, 0.29) is 0 Å². The van der Waals surface area contributed by atoms with Gasteiger partial charge in [-0.3, -0.25) is 0 Å². The van der Waals surface area contributed by atoms with Crippen LogP contribution in [-0.4, -0.2) is 61.6 Å². The van der Waals surface area contributed by atoms with E-state index in [0.717, 1.165) is 23.3 Å². The Kier molecular flexibility index (Phi) is 12.8. The van der Waals surface area contributed by atoms with Crippen LogP contribution in [0.4, 0.5) is 0 Å². The molecule has 0 bridgehead atoms. The molecule has 1 aromatic carbocycles. The predicted molar refractivity (Wildman–Crippen MR) is 92.4 cm³/mol. The molecule has 136 valence electrons. The van der Waals surface area contributed by atoms with Crippen molar-refractivity contribution in [2.24, 2.45) is 5.73 Å². The van der Waals surface area contributed by atoms with Crippen molar-refractivity contribution in [2.75, 3.05) is 39.5 Å². The summed E-state index contributed by atoms with van der Waals surface area (Å²) in [6, 6.07) is 6.02. The Balaban J connectivity index is 0.000000754. The summed E-state index contributed by atoms with van der Waals surface area (Å²) < 4.78 is 12.0. The number of carboxylic acids is 2. The monoisotopic (exact) mass is 406 g/mol. The van der Waals surface area contributed by atoms with E-state index in [1.54, 1.807) is 0 Å². The maximum absolute atomic E-state index is 9.10. The number of nitrogens with two attached hydrogens (primary N) is 1. The van der Waals surface area contributed by atoms with Crippen LogP contribution in [0.1, 0.15) is 5.56 Å². The van der Waals surface area contributed by atoms with Crippen molar-refractivity contribution in [2.45, 2.75) is 6.92 Å². The van der Waals surface area contributed by atoms with Gasteiger partial charge in [0.1, 0.15) is 12.4 Å². The molecule has 1 aromatic rings. The Morgan fingerprint density at radius 2 is 1.83 bits per heavy atom. The van der Waals surface area contributed by atoms with Gasteiger partial charge in [0.25, 0.3) is 0 Å². The molecule has 5 N–H and O–H groups in total. The molecule has 0 saturated heterocycles. The van der Waals surface area contributed by atoms with Crippen LogP contribution in [0.5, 0.6) is 5.75 Å². The van der Waals surface area contributed by atoms with Gasteiger partial charge in [-0.05, 0) is 40.5 Å². The smallest absolute Gasteiger partial charge is 0.414 e. The fourth-order valence-electron chi connectivity index (χ4n) is 1.41. The third-order valence-corrected chi connectivity index (χ3v) is 3.12. The second-order valence-corrected chi connectivity index (χ2v) is 5.40. The van der Waals surface area contributed by atoms with Crippen molar-refractivity contribution in [1.29, 1.82) is 0 Å². The van der Waals surface area contributed by atoms with Crippen LogP contribution in [0.3, 0.4) is 0 Å². The van der Waals surface area contributed by atoms with Gasteiger partial charge >= 0.3 is 11.9 Å². The van der Waals surface area contributed by atoms with Crippen LogP contribution >= 0.6 is 15.9 Å². The lowest BCUT2D eigenvalue weighted by molar-refractivity contribution is -0.159. The van der Waals surface area contributed by atoms with Crippen LogP contribution in [-0.2, 0) is 14.3 Å². The SMILES string of the molecule is Cc1ccc(OCCOCCNCCN)c(Br)c1.O=C(O)C(=O)O. The minimum Gasteiger partial charge on any atom is -0.490 e. The number of halogens is 1. The van der Waals surface area contributed by atoms with Crippen LogP contribution < -0.4 is 15.8 Å². The first-order chi connectivity index (χ1) is 11.4. The average Bonchev–Trinajstić information content (AvgIpc) is 2.52. The number of carbonyl (C=O) groups is 2. The molecule has 24 heavy (non-hydrogen) atoms. The number of carboxylic acid groups (broad SMARTS) is 2. The van der Waals surface area contributed by atoms with E-state index < -0.39 is 11.9 Å². The number of hydrogen-bond donors (Lipinski definition) is 4. The zero-order chi connectivity index (χ0) is 18.4. The quantitative estimate of drug-likeness (QED) is 0.350. The fraction of sp³-hybridized carbons (Fsp3) is 0.467. The van der Waals surface area contributed by atoms with Gasteiger partial charge in [0, 0.05) is 19.6 Å². The highest BCUT2D eigenvalue weighted by atomic mass is 79.9. The summed E-state index contributed by atoms with van der Waals surface area (Å²) in [5, 5.41) is 17.9. The molecule has 0 aliphatic carbocycles. The van der Waals surface area contributed by atoms with E-state index >= 15 is 0 Å². The lowest BCUT2D eigenvalue weighted by Gasteiger charge is -2.09.